The van der Waals surface area contributed by atoms with E-state index in [4.69, 9.17) is 42.1 Å². The molecule has 1 aliphatic rings. The summed E-state index contributed by atoms with van der Waals surface area (Å²) in [6.07, 6.45) is 4.68. The van der Waals surface area contributed by atoms with Crippen LogP contribution in [0.2, 0.25) is 10.0 Å². The van der Waals surface area contributed by atoms with Crippen molar-refractivity contribution in [1.29, 1.82) is 0 Å². The van der Waals surface area contributed by atoms with Gasteiger partial charge in [-0.05, 0) is 48.1 Å². The number of ether oxygens (including phenoxy) is 5. The Morgan fingerprint density at radius 2 is 1.68 bits per heavy atom. The molecule has 3 aromatic rings. The van der Waals surface area contributed by atoms with Gasteiger partial charge in [0.05, 0.1) is 25.9 Å². The Balaban J connectivity index is 0.00000600. The summed E-state index contributed by atoms with van der Waals surface area (Å²) in [5, 5.41) is 0.523. The molecule has 0 aliphatic heterocycles. The van der Waals surface area contributed by atoms with Gasteiger partial charge in [-0.25, -0.2) is 18.2 Å². The molecule has 1 atom stereocenters. The van der Waals surface area contributed by atoms with Crippen LogP contribution in [-0.4, -0.2) is 59.0 Å². The molecule has 16 heteroatoms. The standard InChI is InChI=1S/C31H31Cl2F2NO9S.H2O/c1-41-25-7-5-19(9-21(25)17-46(2,39)40)10-29(37)43-16-30(38)44-27(12-22-23(32)13-36-14-24(22)33)20-6-8-26(45-31(34)35)28(11-20)42-15-18-3-4-18;/h5-9,11,13-14,18,27,31H,3-4,10,12,15-17H2,1-2H3;1H2/t27-;/m0./s1. The van der Waals surface area contributed by atoms with Crippen molar-refractivity contribution in [2.24, 2.45) is 5.92 Å². The maximum absolute atomic E-state index is 13.1. The third-order valence-electron chi connectivity index (χ3n) is 6.85. The average molecular weight is 721 g/mol. The SMILES string of the molecule is COc1ccc(CC(=O)OCC(=O)O[C@@H](Cc2c(Cl)c[nH+]cc2Cl)c2ccc(OC(F)F)c(OCC3CC3)c2)cc1CS(C)(=O)=O.[OH-]. The van der Waals surface area contributed by atoms with Gasteiger partial charge in [-0.1, -0.05) is 41.4 Å². The zero-order valence-electron chi connectivity index (χ0n) is 25.3. The average Bonchev–Trinajstić information content (AvgIpc) is 3.81. The van der Waals surface area contributed by atoms with Crippen LogP contribution in [0.5, 0.6) is 17.2 Å². The summed E-state index contributed by atoms with van der Waals surface area (Å²) >= 11 is 12.7. The van der Waals surface area contributed by atoms with E-state index in [0.717, 1.165) is 19.1 Å². The maximum Gasteiger partial charge on any atom is 0.387 e. The number of carbonyl (C=O) groups is 2. The first-order valence-electron chi connectivity index (χ1n) is 14.1. The van der Waals surface area contributed by atoms with Gasteiger partial charge >= 0.3 is 18.6 Å². The topological polar surface area (TPSA) is 159 Å². The highest BCUT2D eigenvalue weighted by atomic mass is 35.5. The second kappa shape index (κ2) is 16.9. The second-order valence-electron chi connectivity index (χ2n) is 10.7. The van der Waals surface area contributed by atoms with Crippen LogP contribution >= 0.6 is 23.2 Å². The number of aromatic nitrogens is 1. The first kappa shape index (κ1) is 37.7. The summed E-state index contributed by atoms with van der Waals surface area (Å²) in [7, 11) is -1.98. The number of aromatic amines is 1. The number of benzene rings is 2. The van der Waals surface area contributed by atoms with E-state index in [2.05, 4.69) is 9.72 Å². The van der Waals surface area contributed by atoms with Crippen molar-refractivity contribution in [2.75, 3.05) is 26.6 Å². The number of esters is 2. The molecule has 11 nitrogen and oxygen atoms in total. The lowest BCUT2D eigenvalue weighted by atomic mass is 10.0. The van der Waals surface area contributed by atoms with Crippen molar-refractivity contribution >= 4 is 45.0 Å². The van der Waals surface area contributed by atoms with Crippen LogP contribution in [-0.2, 0) is 47.5 Å². The quantitative estimate of drug-likeness (QED) is 0.180. The minimum atomic E-state index is -3.38. The predicted molar refractivity (Wildman–Crippen MR) is 165 cm³/mol. The second-order valence-corrected chi connectivity index (χ2v) is 13.7. The minimum absolute atomic E-state index is 0. The number of sulfone groups is 1. The molecule has 0 radical (unpaired) electrons. The van der Waals surface area contributed by atoms with Crippen LogP contribution in [0.1, 0.15) is 41.2 Å². The zero-order valence-corrected chi connectivity index (χ0v) is 27.7. The van der Waals surface area contributed by atoms with Crippen molar-refractivity contribution < 1.29 is 60.9 Å². The fourth-order valence-corrected chi connectivity index (χ4v) is 5.82. The van der Waals surface area contributed by atoms with E-state index in [1.807, 2.05) is 0 Å². The van der Waals surface area contributed by atoms with Crippen molar-refractivity contribution in [3.8, 4) is 17.2 Å². The number of H-pyrrole nitrogens is 1. The largest absolute Gasteiger partial charge is 0.870 e. The van der Waals surface area contributed by atoms with Gasteiger partial charge in [0.2, 0.25) is 0 Å². The highest BCUT2D eigenvalue weighted by molar-refractivity contribution is 7.89. The van der Waals surface area contributed by atoms with E-state index >= 15 is 0 Å². The zero-order chi connectivity index (χ0) is 33.4. The molecule has 2 aromatic carbocycles. The number of alkyl halides is 2. The number of halogens is 4. The molecule has 0 saturated heterocycles. The van der Waals surface area contributed by atoms with E-state index in [1.165, 1.54) is 43.8 Å². The van der Waals surface area contributed by atoms with Crippen LogP contribution in [0.4, 0.5) is 8.78 Å². The van der Waals surface area contributed by atoms with Gasteiger partial charge in [0.15, 0.2) is 40.3 Å². The molecule has 2 N–H and O–H groups in total. The van der Waals surface area contributed by atoms with Crippen molar-refractivity contribution in [2.45, 2.75) is 44.2 Å². The van der Waals surface area contributed by atoms with Gasteiger partial charge < -0.3 is 29.2 Å². The molecule has 1 aromatic heterocycles. The molecule has 0 unspecified atom stereocenters. The van der Waals surface area contributed by atoms with Crippen molar-refractivity contribution in [3.63, 3.8) is 0 Å². The minimum Gasteiger partial charge on any atom is -0.870 e. The summed E-state index contributed by atoms with van der Waals surface area (Å²) < 4.78 is 76.2. The molecule has 47 heavy (non-hydrogen) atoms. The van der Waals surface area contributed by atoms with Crippen LogP contribution < -0.4 is 19.2 Å². The lowest BCUT2D eigenvalue weighted by Gasteiger charge is -2.21. The van der Waals surface area contributed by atoms with Gasteiger partial charge in [0.25, 0.3) is 0 Å². The first-order chi connectivity index (χ1) is 21.8. The summed E-state index contributed by atoms with van der Waals surface area (Å²) in [5.41, 5.74) is 1.63. The Morgan fingerprint density at radius 1 is 1.00 bits per heavy atom. The van der Waals surface area contributed by atoms with Crippen molar-refractivity contribution in [1.82, 2.24) is 0 Å². The third kappa shape index (κ3) is 11.8. The summed E-state index contributed by atoms with van der Waals surface area (Å²) in [4.78, 5) is 28.3. The molecular weight excluding hydrogens is 687 g/mol. The van der Waals surface area contributed by atoms with E-state index < -0.39 is 41.1 Å². The number of nitrogens with one attached hydrogen (secondary N) is 1. The highest BCUT2D eigenvalue weighted by Gasteiger charge is 2.26. The third-order valence-corrected chi connectivity index (χ3v) is 8.36. The lowest BCUT2D eigenvalue weighted by molar-refractivity contribution is -0.377. The van der Waals surface area contributed by atoms with E-state index in [1.54, 1.807) is 12.1 Å². The highest BCUT2D eigenvalue weighted by Crippen LogP contribution is 2.37. The fourth-order valence-electron chi connectivity index (χ4n) is 4.49. The molecule has 1 heterocycles. The summed E-state index contributed by atoms with van der Waals surface area (Å²) in [6.45, 7) is -3.53. The number of methoxy groups -OCH3 is 1. The van der Waals surface area contributed by atoms with Crippen LogP contribution in [0.25, 0.3) is 0 Å². The van der Waals surface area contributed by atoms with Gasteiger partial charge in [-0.3, -0.25) is 4.79 Å². The van der Waals surface area contributed by atoms with E-state index in [9.17, 15) is 26.8 Å². The smallest absolute Gasteiger partial charge is 0.387 e. The molecular formula is C31H33Cl2F2NO10S. The number of hydrogen-bond acceptors (Lipinski definition) is 10. The number of hydrogen-bond donors (Lipinski definition) is 0. The van der Waals surface area contributed by atoms with Crippen LogP contribution in [0.15, 0.2) is 48.8 Å². The lowest BCUT2D eigenvalue weighted by Crippen LogP contribution is -2.21. The van der Waals surface area contributed by atoms with E-state index in [0.29, 0.717) is 40.5 Å². The molecule has 256 valence electrons. The number of pyridine rings is 1. The molecule has 1 fully saturated rings. The molecule has 0 amide bonds. The first-order valence-corrected chi connectivity index (χ1v) is 16.9. The monoisotopic (exact) mass is 719 g/mol. The van der Waals surface area contributed by atoms with Crippen LogP contribution in [0.3, 0.4) is 0 Å². The Labute approximate surface area is 280 Å². The Hall–Kier alpha value is -3.72. The Morgan fingerprint density at radius 3 is 2.30 bits per heavy atom. The molecule has 0 bridgehead atoms. The van der Waals surface area contributed by atoms with Gasteiger partial charge in [0.1, 0.15) is 21.9 Å². The number of rotatable bonds is 16. The molecule has 4 rings (SSSR count). The molecule has 0 spiro atoms. The Bertz CT molecular complexity index is 1650. The number of carbonyl (C=O) groups excluding carboxylic acids is 2. The van der Waals surface area contributed by atoms with Crippen molar-refractivity contribution in [3.05, 3.63) is 81.1 Å². The predicted octanol–water partition coefficient (Wildman–Crippen LogP) is 5.19. The van der Waals surface area contributed by atoms with Gasteiger partial charge in [-0.2, -0.15) is 8.78 Å². The fraction of sp³-hybridized carbons (Fsp3) is 0.387. The Kier molecular flexibility index (Phi) is 13.6. The molecule has 1 aliphatic carbocycles. The summed E-state index contributed by atoms with van der Waals surface area (Å²) in [5.74, 6) is -1.43. The maximum atomic E-state index is 13.1. The summed E-state index contributed by atoms with van der Waals surface area (Å²) in [6, 6.07) is 8.82. The van der Waals surface area contributed by atoms with Gasteiger partial charge in [-0.15, -0.1) is 0 Å². The van der Waals surface area contributed by atoms with Gasteiger partial charge in [0, 0.05) is 23.8 Å². The molecule has 1 saturated carbocycles. The van der Waals surface area contributed by atoms with E-state index in [-0.39, 0.29) is 45.6 Å². The van der Waals surface area contributed by atoms with Crippen LogP contribution in [0, 0.1) is 5.92 Å². The normalized spacial score (nSPS) is 13.3.